The zero-order valence-electron chi connectivity index (χ0n) is 21.8. The smallest absolute Gasteiger partial charge is 0.123 e. The number of ether oxygens (including phenoxy) is 1. The minimum atomic E-state index is 0.165. The number of phenolic OH excluding ortho intramolecular Hbond substituents is 2. The number of hydrogen-bond donors (Lipinski definition) is 2. The average molecular weight is 499 g/mol. The van der Waals surface area contributed by atoms with Crippen LogP contribution in [-0.2, 0) is 0 Å². The van der Waals surface area contributed by atoms with Crippen LogP contribution in [0.2, 0.25) is 0 Å². The van der Waals surface area contributed by atoms with Gasteiger partial charge >= 0.3 is 0 Å². The summed E-state index contributed by atoms with van der Waals surface area (Å²) in [6, 6.07) is 34.1. The first-order valence-corrected chi connectivity index (χ1v) is 12.5. The van der Waals surface area contributed by atoms with Gasteiger partial charge in [-0.1, -0.05) is 54.6 Å². The van der Waals surface area contributed by atoms with Gasteiger partial charge in [0.05, 0.1) is 7.11 Å². The maximum atomic E-state index is 10.2. The second kappa shape index (κ2) is 10.3. The summed E-state index contributed by atoms with van der Waals surface area (Å²) >= 11 is 0. The van der Waals surface area contributed by atoms with Gasteiger partial charge in [-0.2, -0.15) is 0 Å². The van der Waals surface area contributed by atoms with Crippen molar-refractivity contribution >= 4 is 5.57 Å². The molecular formula is C35H30O3. The van der Waals surface area contributed by atoms with E-state index in [1.807, 2.05) is 38.1 Å². The molecule has 0 aliphatic rings. The molecule has 5 aromatic rings. The van der Waals surface area contributed by atoms with Crippen LogP contribution in [-0.4, -0.2) is 17.3 Å². The van der Waals surface area contributed by atoms with Crippen LogP contribution in [0, 0.1) is 6.92 Å². The van der Waals surface area contributed by atoms with Gasteiger partial charge in [0.15, 0.2) is 0 Å². The average Bonchev–Trinajstić information content (AvgIpc) is 2.92. The Morgan fingerprint density at radius 3 is 1.50 bits per heavy atom. The molecule has 0 saturated heterocycles. The fourth-order valence-electron chi connectivity index (χ4n) is 4.76. The maximum absolute atomic E-state index is 10.2. The molecule has 0 bridgehead atoms. The number of aromatic hydroxyl groups is 2. The largest absolute Gasteiger partial charge is 0.508 e. The van der Waals surface area contributed by atoms with Crippen LogP contribution in [0.5, 0.6) is 17.2 Å². The Hall–Kier alpha value is -4.76. The molecule has 0 unspecified atom stereocenters. The quantitative estimate of drug-likeness (QED) is 0.245. The molecule has 0 spiro atoms. The Balaban J connectivity index is 1.60. The summed E-state index contributed by atoms with van der Waals surface area (Å²) < 4.78 is 5.35. The minimum Gasteiger partial charge on any atom is -0.508 e. The number of allylic oxidation sites excluding steroid dienone is 1. The van der Waals surface area contributed by atoms with Crippen molar-refractivity contribution in [2.75, 3.05) is 7.11 Å². The van der Waals surface area contributed by atoms with Crippen LogP contribution in [0.1, 0.15) is 18.1 Å². The van der Waals surface area contributed by atoms with Crippen LogP contribution in [0.15, 0.2) is 110 Å². The highest BCUT2D eigenvalue weighted by Gasteiger charge is 2.10. The van der Waals surface area contributed by atoms with Gasteiger partial charge in [-0.05, 0) is 124 Å². The molecule has 38 heavy (non-hydrogen) atoms. The van der Waals surface area contributed by atoms with E-state index in [-0.39, 0.29) is 11.5 Å². The summed E-state index contributed by atoms with van der Waals surface area (Å²) in [5.41, 5.74) is 11.3. The first-order valence-electron chi connectivity index (χ1n) is 12.5. The fourth-order valence-corrected chi connectivity index (χ4v) is 4.76. The Morgan fingerprint density at radius 2 is 1.03 bits per heavy atom. The number of aryl methyl sites for hydroxylation is 1. The summed E-state index contributed by atoms with van der Waals surface area (Å²) in [7, 11) is 1.59. The molecule has 0 aromatic heterocycles. The summed E-state index contributed by atoms with van der Waals surface area (Å²) in [5.74, 6) is 1.04. The zero-order chi connectivity index (χ0) is 26.8. The lowest BCUT2D eigenvalue weighted by molar-refractivity contribution is 0.408. The fraction of sp³-hybridized carbons (Fsp3) is 0.0857. The van der Waals surface area contributed by atoms with E-state index in [1.54, 1.807) is 31.4 Å². The van der Waals surface area contributed by atoms with Gasteiger partial charge in [-0.25, -0.2) is 0 Å². The van der Waals surface area contributed by atoms with Gasteiger partial charge in [0.2, 0.25) is 0 Å². The van der Waals surface area contributed by atoms with E-state index in [1.165, 1.54) is 0 Å². The van der Waals surface area contributed by atoms with E-state index < -0.39 is 0 Å². The van der Waals surface area contributed by atoms with Crippen molar-refractivity contribution in [1.29, 1.82) is 0 Å². The molecular weight excluding hydrogens is 468 g/mol. The monoisotopic (exact) mass is 498 g/mol. The first-order chi connectivity index (χ1) is 18.3. The third-order valence-electron chi connectivity index (χ3n) is 6.67. The van der Waals surface area contributed by atoms with Gasteiger partial charge in [-0.15, -0.1) is 0 Å². The molecule has 3 heteroatoms. The Kier molecular flexibility index (Phi) is 6.76. The van der Waals surface area contributed by atoms with Gasteiger partial charge in [0.1, 0.15) is 17.2 Å². The Morgan fingerprint density at radius 1 is 0.579 bits per heavy atom. The Bertz CT molecular complexity index is 1640. The molecule has 2 N–H and O–H groups in total. The molecule has 0 radical (unpaired) electrons. The van der Waals surface area contributed by atoms with E-state index in [0.717, 1.165) is 61.2 Å². The summed E-state index contributed by atoms with van der Waals surface area (Å²) in [6.45, 7) is 8.20. The number of methoxy groups -OCH3 is 1. The SMILES string of the molecule is C=C(C)c1cc(-c2cccc(-c3cc(C)cc(O)c3)c2)cc(-c2cccc(-c3cc(O)cc(OC)c3)c2)c1. The molecule has 0 aliphatic carbocycles. The highest BCUT2D eigenvalue weighted by atomic mass is 16.5. The van der Waals surface area contributed by atoms with Crippen molar-refractivity contribution < 1.29 is 14.9 Å². The van der Waals surface area contributed by atoms with Crippen molar-refractivity contribution in [2.24, 2.45) is 0 Å². The maximum Gasteiger partial charge on any atom is 0.123 e. The highest BCUT2D eigenvalue weighted by molar-refractivity contribution is 5.83. The van der Waals surface area contributed by atoms with Gasteiger partial charge < -0.3 is 14.9 Å². The van der Waals surface area contributed by atoms with Gasteiger partial charge in [0.25, 0.3) is 0 Å². The van der Waals surface area contributed by atoms with Crippen LogP contribution in [0.25, 0.3) is 50.1 Å². The van der Waals surface area contributed by atoms with Crippen molar-refractivity contribution in [2.45, 2.75) is 13.8 Å². The molecule has 0 saturated carbocycles. The number of benzene rings is 5. The van der Waals surface area contributed by atoms with E-state index in [4.69, 9.17) is 4.74 Å². The van der Waals surface area contributed by atoms with E-state index in [0.29, 0.717) is 5.75 Å². The van der Waals surface area contributed by atoms with Gasteiger partial charge in [-0.3, -0.25) is 0 Å². The third kappa shape index (κ3) is 5.33. The lowest BCUT2D eigenvalue weighted by Crippen LogP contribution is -1.89. The number of hydrogen-bond acceptors (Lipinski definition) is 3. The topological polar surface area (TPSA) is 49.7 Å². The molecule has 0 fully saturated rings. The molecule has 188 valence electrons. The third-order valence-corrected chi connectivity index (χ3v) is 6.67. The van der Waals surface area contributed by atoms with Crippen LogP contribution in [0.4, 0.5) is 0 Å². The lowest BCUT2D eigenvalue weighted by Gasteiger charge is -2.13. The summed E-state index contributed by atoms with van der Waals surface area (Å²) in [4.78, 5) is 0. The highest BCUT2D eigenvalue weighted by Crippen LogP contribution is 2.36. The molecule has 5 aromatic carbocycles. The van der Waals surface area contributed by atoms with E-state index in [2.05, 4.69) is 61.2 Å². The molecule has 0 heterocycles. The molecule has 3 nitrogen and oxygen atoms in total. The van der Waals surface area contributed by atoms with E-state index >= 15 is 0 Å². The van der Waals surface area contributed by atoms with Crippen LogP contribution < -0.4 is 4.74 Å². The lowest BCUT2D eigenvalue weighted by atomic mass is 9.91. The van der Waals surface area contributed by atoms with Gasteiger partial charge in [0, 0.05) is 6.07 Å². The second-order valence-electron chi connectivity index (χ2n) is 9.72. The summed E-state index contributed by atoms with van der Waals surface area (Å²) in [5, 5.41) is 20.3. The molecule has 0 amide bonds. The minimum absolute atomic E-state index is 0.165. The van der Waals surface area contributed by atoms with Crippen molar-refractivity contribution in [3.05, 3.63) is 121 Å². The predicted octanol–water partition coefficient (Wildman–Crippen LogP) is 9.12. The molecule has 0 aliphatic heterocycles. The normalized spacial score (nSPS) is 10.8. The molecule has 0 atom stereocenters. The molecule has 5 rings (SSSR count). The van der Waals surface area contributed by atoms with Crippen molar-refractivity contribution in [3.8, 4) is 61.8 Å². The predicted molar refractivity (Wildman–Crippen MR) is 158 cm³/mol. The van der Waals surface area contributed by atoms with Crippen molar-refractivity contribution in [3.63, 3.8) is 0 Å². The number of phenols is 2. The summed E-state index contributed by atoms with van der Waals surface area (Å²) in [6.07, 6.45) is 0. The first kappa shape index (κ1) is 24.9. The second-order valence-corrected chi connectivity index (χ2v) is 9.72. The number of rotatable bonds is 6. The zero-order valence-corrected chi connectivity index (χ0v) is 21.8. The van der Waals surface area contributed by atoms with Crippen molar-refractivity contribution in [1.82, 2.24) is 0 Å². The van der Waals surface area contributed by atoms with Crippen LogP contribution >= 0.6 is 0 Å². The standard InChI is InChI=1S/C35H30O3/c1-22(2)28-15-30(25-8-5-7-24(13-25)29-11-23(3)12-33(36)18-29)17-31(16-28)26-9-6-10-27(14-26)32-19-34(37)21-35(20-32)38-4/h5-21,36-37H,1H2,2-4H3. The Labute approximate surface area is 223 Å². The van der Waals surface area contributed by atoms with E-state index in [9.17, 15) is 10.2 Å². The van der Waals surface area contributed by atoms with Crippen LogP contribution in [0.3, 0.4) is 0 Å².